The van der Waals surface area contributed by atoms with Crippen molar-refractivity contribution in [3.63, 3.8) is 0 Å². The molecular formula is C12H16ClN3O2. The number of halogens is 1. The lowest BCUT2D eigenvalue weighted by atomic mass is 10.2. The van der Waals surface area contributed by atoms with Gasteiger partial charge >= 0.3 is 5.69 Å². The number of hydrogen-bond acceptors (Lipinski definition) is 3. The topological polar surface area (TPSA) is 58.1 Å². The van der Waals surface area contributed by atoms with E-state index in [0.717, 1.165) is 19.5 Å². The highest BCUT2D eigenvalue weighted by atomic mass is 35.5. The summed E-state index contributed by atoms with van der Waals surface area (Å²) in [4.78, 5) is 28.9. The maximum atomic E-state index is 12.1. The van der Waals surface area contributed by atoms with Crippen LogP contribution in [-0.4, -0.2) is 33.6 Å². The Morgan fingerprint density at radius 3 is 2.61 bits per heavy atom. The van der Waals surface area contributed by atoms with E-state index in [9.17, 15) is 9.59 Å². The molecule has 2 heterocycles. The molecule has 1 saturated heterocycles. The minimum atomic E-state index is -0.391. The van der Waals surface area contributed by atoms with Crippen LogP contribution in [0.25, 0.3) is 0 Å². The van der Waals surface area contributed by atoms with Crippen LogP contribution in [0.3, 0.4) is 0 Å². The molecule has 2 fully saturated rings. The third-order valence-corrected chi connectivity index (χ3v) is 4.31. The fraction of sp³-hybridized carbons (Fsp3) is 0.667. The SMILES string of the molecule is Cc1c(Cl)[nH]c(=O)n(C2CCN(C3CC3)C2)c1=O. The lowest BCUT2D eigenvalue weighted by molar-refractivity contribution is 0.310. The molecule has 3 rings (SSSR count). The average molecular weight is 270 g/mol. The highest BCUT2D eigenvalue weighted by Gasteiger charge is 2.35. The Hall–Kier alpha value is -1.07. The molecule has 0 aromatic carbocycles. The molecule has 6 heteroatoms. The summed E-state index contributed by atoms with van der Waals surface area (Å²) in [5.74, 6) is 0. The first-order valence-electron chi connectivity index (χ1n) is 6.33. The molecule has 2 aliphatic rings. The van der Waals surface area contributed by atoms with Gasteiger partial charge in [0.1, 0.15) is 5.15 Å². The lowest BCUT2D eigenvalue weighted by Crippen LogP contribution is -2.40. The average Bonchev–Trinajstić information content (AvgIpc) is 3.07. The number of rotatable bonds is 2. The summed E-state index contributed by atoms with van der Waals surface area (Å²) < 4.78 is 1.34. The standard InChI is InChI=1S/C12H16ClN3O2/c1-7-10(13)14-12(18)16(11(7)17)9-4-5-15(6-9)8-2-3-8/h8-9H,2-6H2,1H3,(H,14,18). The zero-order valence-corrected chi connectivity index (χ0v) is 11.0. The molecule has 1 aromatic heterocycles. The predicted octanol–water partition coefficient (Wildman–Crippen LogP) is 0.908. The van der Waals surface area contributed by atoms with Crippen molar-refractivity contribution in [2.24, 2.45) is 0 Å². The predicted molar refractivity (Wildman–Crippen MR) is 69.3 cm³/mol. The Balaban J connectivity index is 1.95. The molecule has 1 atom stereocenters. The van der Waals surface area contributed by atoms with Gasteiger partial charge in [-0.2, -0.15) is 0 Å². The first-order valence-corrected chi connectivity index (χ1v) is 6.70. The summed E-state index contributed by atoms with van der Waals surface area (Å²) in [5, 5.41) is 0.151. The summed E-state index contributed by atoms with van der Waals surface area (Å²) in [5.41, 5.74) is -0.231. The molecule has 1 N–H and O–H groups in total. The van der Waals surface area contributed by atoms with Crippen LogP contribution in [0.15, 0.2) is 9.59 Å². The second-order valence-corrected chi connectivity index (χ2v) is 5.59. The molecule has 98 valence electrons. The van der Waals surface area contributed by atoms with E-state index < -0.39 is 5.69 Å². The Kier molecular flexibility index (Phi) is 2.83. The number of nitrogens with zero attached hydrogens (tertiary/aromatic N) is 2. The second kappa shape index (κ2) is 4.24. The van der Waals surface area contributed by atoms with Gasteiger partial charge in [0.15, 0.2) is 0 Å². The number of hydrogen-bond donors (Lipinski definition) is 1. The van der Waals surface area contributed by atoms with Gasteiger partial charge < -0.3 is 0 Å². The molecule has 5 nitrogen and oxygen atoms in total. The van der Waals surface area contributed by atoms with E-state index in [1.165, 1.54) is 17.4 Å². The van der Waals surface area contributed by atoms with Crippen LogP contribution in [0.2, 0.25) is 5.15 Å². The van der Waals surface area contributed by atoms with Crippen molar-refractivity contribution in [3.05, 3.63) is 31.6 Å². The fourth-order valence-electron chi connectivity index (χ4n) is 2.70. The molecule has 0 bridgehead atoms. The summed E-state index contributed by atoms with van der Waals surface area (Å²) in [7, 11) is 0. The molecule has 1 aliphatic heterocycles. The minimum absolute atomic E-state index is 0.0159. The summed E-state index contributed by atoms with van der Waals surface area (Å²) in [6, 6.07) is 0.663. The Morgan fingerprint density at radius 1 is 1.22 bits per heavy atom. The van der Waals surface area contributed by atoms with Gasteiger partial charge in [0.2, 0.25) is 0 Å². The number of aromatic amines is 1. The molecule has 0 amide bonds. The quantitative estimate of drug-likeness (QED) is 0.812. The Bertz CT molecular complexity index is 588. The zero-order chi connectivity index (χ0) is 12.9. The van der Waals surface area contributed by atoms with Crippen LogP contribution in [-0.2, 0) is 0 Å². The summed E-state index contributed by atoms with van der Waals surface area (Å²) in [6.45, 7) is 3.42. The molecule has 1 saturated carbocycles. The zero-order valence-electron chi connectivity index (χ0n) is 10.3. The highest BCUT2D eigenvalue weighted by Crippen LogP contribution is 2.32. The van der Waals surface area contributed by atoms with Gasteiger partial charge in [-0.1, -0.05) is 11.6 Å². The van der Waals surface area contributed by atoms with Crippen LogP contribution in [0.4, 0.5) is 0 Å². The van der Waals surface area contributed by atoms with E-state index in [4.69, 9.17) is 11.6 Å². The van der Waals surface area contributed by atoms with Gasteiger partial charge in [-0.25, -0.2) is 4.79 Å². The van der Waals surface area contributed by atoms with Crippen molar-refractivity contribution in [1.82, 2.24) is 14.5 Å². The van der Waals surface area contributed by atoms with E-state index in [1.54, 1.807) is 6.92 Å². The first-order chi connectivity index (χ1) is 8.58. The van der Waals surface area contributed by atoms with Gasteiger partial charge in [0.25, 0.3) is 5.56 Å². The van der Waals surface area contributed by atoms with E-state index in [-0.39, 0.29) is 16.8 Å². The van der Waals surface area contributed by atoms with E-state index in [2.05, 4.69) is 9.88 Å². The van der Waals surface area contributed by atoms with Gasteiger partial charge in [0.05, 0.1) is 6.04 Å². The largest absolute Gasteiger partial charge is 0.329 e. The fourth-order valence-corrected chi connectivity index (χ4v) is 2.86. The van der Waals surface area contributed by atoms with Crippen molar-refractivity contribution < 1.29 is 0 Å². The lowest BCUT2D eigenvalue weighted by Gasteiger charge is -2.16. The van der Waals surface area contributed by atoms with Crippen LogP contribution in [0.5, 0.6) is 0 Å². The maximum absolute atomic E-state index is 12.1. The first kappa shape index (κ1) is 12.0. The Morgan fingerprint density at radius 2 is 1.94 bits per heavy atom. The van der Waals surface area contributed by atoms with E-state index >= 15 is 0 Å². The van der Waals surface area contributed by atoms with Crippen molar-refractivity contribution >= 4 is 11.6 Å². The molecule has 1 aliphatic carbocycles. The third kappa shape index (κ3) is 1.91. The van der Waals surface area contributed by atoms with Gasteiger partial charge in [-0.15, -0.1) is 0 Å². The van der Waals surface area contributed by atoms with E-state index in [1.807, 2.05) is 0 Å². The van der Waals surface area contributed by atoms with Crippen LogP contribution < -0.4 is 11.2 Å². The highest BCUT2D eigenvalue weighted by molar-refractivity contribution is 6.30. The summed E-state index contributed by atoms with van der Waals surface area (Å²) >= 11 is 5.81. The maximum Gasteiger partial charge on any atom is 0.329 e. The Labute approximate surface area is 109 Å². The van der Waals surface area contributed by atoms with E-state index in [0.29, 0.717) is 11.6 Å². The molecular weight excluding hydrogens is 254 g/mol. The smallest absolute Gasteiger partial charge is 0.298 e. The monoisotopic (exact) mass is 269 g/mol. The van der Waals surface area contributed by atoms with Crippen molar-refractivity contribution in [1.29, 1.82) is 0 Å². The molecule has 0 radical (unpaired) electrons. The number of H-pyrrole nitrogens is 1. The van der Waals surface area contributed by atoms with Crippen molar-refractivity contribution in [3.8, 4) is 0 Å². The number of nitrogens with one attached hydrogen (secondary N) is 1. The molecule has 1 unspecified atom stereocenters. The van der Waals surface area contributed by atoms with Gasteiger partial charge in [-0.05, 0) is 26.2 Å². The molecule has 18 heavy (non-hydrogen) atoms. The summed E-state index contributed by atoms with van der Waals surface area (Å²) in [6.07, 6.45) is 3.36. The molecule has 0 spiro atoms. The normalized spacial score (nSPS) is 24.7. The third-order valence-electron chi connectivity index (χ3n) is 3.93. The van der Waals surface area contributed by atoms with Crippen molar-refractivity contribution in [2.45, 2.75) is 38.3 Å². The molecule has 1 aromatic rings. The number of aromatic nitrogens is 2. The van der Waals surface area contributed by atoms with Crippen molar-refractivity contribution in [2.75, 3.05) is 13.1 Å². The second-order valence-electron chi connectivity index (χ2n) is 5.21. The van der Waals surface area contributed by atoms with Gasteiger partial charge in [0, 0.05) is 24.7 Å². The van der Waals surface area contributed by atoms with Gasteiger partial charge in [-0.3, -0.25) is 19.2 Å². The van der Waals surface area contributed by atoms with Crippen LogP contribution in [0.1, 0.15) is 30.9 Å². The van der Waals surface area contributed by atoms with Crippen LogP contribution in [0, 0.1) is 6.92 Å². The number of likely N-dealkylation sites (tertiary alicyclic amines) is 1. The minimum Gasteiger partial charge on any atom is -0.298 e. The van der Waals surface area contributed by atoms with Crippen LogP contribution >= 0.6 is 11.6 Å².